The second kappa shape index (κ2) is 6.61. The van der Waals surface area contributed by atoms with Crippen LogP contribution in [0.1, 0.15) is 63.7 Å². The Morgan fingerprint density at radius 2 is 1.97 bits per heavy atom. The molecule has 3 aliphatic rings. The van der Waals surface area contributed by atoms with Crippen molar-refractivity contribution in [3.63, 3.8) is 0 Å². The third-order valence-corrected chi connectivity index (χ3v) is 7.72. The molecule has 1 aromatic rings. The molecule has 1 heterocycles. The number of hydrogen-bond acceptors (Lipinski definition) is 6. The molecular formula is C23H32O6. The third kappa shape index (κ3) is 3.21. The Bertz CT molecular complexity index is 822. The Balaban J connectivity index is 1.67. The van der Waals surface area contributed by atoms with Crippen molar-refractivity contribution < 1.29 is 29.2 Å². The van der Waals surface area contributed by atoms with E-state index in [9.17, 15) is 15.0 Å². The van der Waals surface area contributed by atoms with Gasteiger partial charge in [-0.2, -0.15) is 0 Å². The molecular weight excluding hydrogens is 372 g/mol. The van der Waals surface area contributed by atoms with Crippen molar-refractivity contribution >= 4 is 5.97 Å². The molecule has 4 rings (SSSR count). The minimum atomic E-state index is -0.876. The smallest absolute Gasteiger partial charge is 0.338 e. The maximum absolute atomic E-state index is 13.0. The maximum Gasteiger partial charge on any atom is 0.338 e. The number of carbonyl (C=O) groups excluding carboxylic acids is 1. The van der Waals surface area contributed by atoms with Gasteiger partial charge in [0.2, 0.25) is 0 Å². The molecule has 6 atom stereocenters. The summed E-state index contributed by atoms with van der Waals surface area (Å²) in [7, 11) is 1.44. The highest BCUT2D eigenvalue weighted by Crippen LogP contribution is 2.63. The molecule has 6 heteroatoms. The molecule has 29 heavy (non-hydrogen) atoms. The number of carbonyl (C=O) groups is 1. The van der Waals surface area contributed by atoms with Crippen LogP contribution in [0.5, 0.6) is 11.5 Å². The lowest BCUT2D eigenvalue weighted by Gasteiger charge is -2.44. The zero-order valence-electron chi connectivity index (χ0n) is 17.9. The Hall–Kier alpha value is -1.79. The highest BCUT2D eigenvalue weighted by atomic mass is 16.6. The molecule has 0 amide bonds. The van der Waals surface area contributed by atoms with Crippen LogP contribution >= 0.6 is 0 Å². The zero-order chi connectivity index (χ0) is 21.2. The third-order valence-electron chi connectivity index (χ3n) is 7.72. The van der Waals surface area contributed by atoms with Gasteiger partial charge in [0.25, 0.3) is 0 Å². The minimum Gasteiger partial charge on any atom is -0.504 e. The normalized spacial score (nSPS) is 40.7. The number of epoxide rings is 1. The maximum atomic E-state index is 13.0. The fraction of sp³-hybridized carbons (Fsp3) is 0.696. The summed E-state index contributed by atoms with van der Waals surface area (Å²) in [5.41, 5.74) is -1.01. The molecule has 6 nitrogen and oxygen atoms in total. The molecule has 1 aliphatic heterocycles. The first-order chi connectivity index (χ1) is 13.5. The average molecular weight is 405 g/mol. The number of esters is 1. The van der Waals surface area contributed by atoms with E-state index in [-0.39, 0.29) is 40.5 Å². The molecule has 1 saturated heterocycles. The van der Waals surface area contributed by atoms with Crippen molar-refractivity contribution in [1.29, 1.82) is 0 Å². The van der Waals surface area contributed by atoms with Crippen LogP contribution in [-0.4, -0.2) is 46.7 Å². The molecule has 0 spiro atoms. The summed E-state index contributed by atoms with van der Waals surface area (Å²) in [6.45, 7) is 8.36. The van der Waals surface area contributed by atoms with Crippen molar-refractivity contribution in [3.05, 3.63) is 23.8 Å². The summed E-state index contributed by atoms with van der Waals surface area (Å²) in [6.07, 6.45) is 2.76. The van der Waals surface area contributed by atoms with Crippen molar-refractivity contribution in [2.45, 2.75) is 76.8 Å². The summed E-state index contributed by atoms with van der Waals surface area (Å²) in [5, 5.41) is 21.4. The molecule has 0 radical (unpaired) electrons. The Morgan fingerprint density at radius 1 is 1.24 bits per heavy atom. The topological polar surface area (TPSA) is 88.5 Å². The predicted molar refractivity (Wildman–Crippen MR) is 107 cm³/mol. The van der Waals surface area contributed by atoms with Gasteiger partial charge in [0.15, 0.2) is 11.5 Å². The first-order valence-electron chi connectivity index (χ1n) is 10.5. The molecule has 0 aromatic heterocycles. The summed E-state index contributed by atoms with van der Waals surface area (Å²) in [4.78, 5) is 13.0. The van der Waals surface area contributed by atoms with Gasteiger partial charge in [-0.3, -0.25) is 0 Å². The van der Waals surface area contributed by atoms with Gasteiger partial charge in [-0.05, 0) is 55.7 Å². The highest BCUT2D eigenvalue weighted by Gasteiger charge is 2.68. The van der Waals surface area contributed by atoms with E-state index in [2.05, 4.69) is 13.8 Å². The Kier molecular flexibility index (Phi) is 4.67. The Labute approximate surface area is 172 Å². The number of hydrogen-bond donors (Lipinski definition) is 2. The molecule has 2 saturated carbocycles. The van der Waals surface area contributed by atoms with E-state index >= 15 is 0 Å². The molecule has 160 valence electrons. The number of aliphatic hydroxyl groups is 1. The Morgan fingerprint density at radius 3 is 2.62 bits per heavy atom. The largest absolute Gasteiger partial charge is 0.504 e. The molecule has 3 fully saturated rings. The molecule has 2 aliphatic carbocycles. The standard InChI is InChI=1S/C23H32O6/c1-13(2)23(26)9-8-21(3)12-18-22(4,29-18)11-17(19(21)23)28-20(25)14-6-7-15(24)16(10-14)27-5/h6-7,10,13,17-19,24,26H,8-9,11-12H2,1-5H3/t17-,18-,19-,21+,22+,23-/m1/s1. The van der Waals surface area contributed by atoms with Gasteiger partial charge < -0.3 is 24.4 Å². The number of methoxy groups -OCH3 is 1. The van der Waals surface area contributed by atoms with Gasteiger partial charge in [0, 0.05) is 12.3 Å². The lowest BCUT2D eigenvalue weighted by atomic mass is 9.67. The summed E-state index contributed by atoms with van der Waals surface area (Å²) >= 11 is 0. The second-order valence-corrected chi connectivity index (χ2v) is 9.94. The highest BCUT2D eigenvalue weighted by molar-refractivity contribution is 5.90. The second-order valence-electron chi connectivity index (χ2n) is 9.94. The number of phenols is 1. The number of aromatic hydroxyl groups is 1. The van der Waals surface area contributed by atoms with E-state index in [0.29, 0.717) is 18.4 Å². The van der Waals surface area contributed by atoms with E-state index in [1.54, 1.807) is 0 Å². The fourth-order valence-electron chi connectivity index (χ4n) is 5.84. The lowest BCUT2D eigenvalue weighted by Crippen LogP contribution is -2.50. The summed E-state index contributed by atoms with van der Waals surface area (Å²) in [5.74, 6) is -0.366. The van der Waals surface area contributed by atoms with Crippen LogP contribution in [0.2, 0.25) is 0 Å². The van der Waals surface area contributed by atoms with Gasteiger partial charge in [-0.1, -0.05) is 20.8 Å². The average Bonchev–Trinajstić information content (AvgIpc) is 3.19. The van der Waals surface area contributed by atoms with Crippen LogP contribution < -0.4 is 4.74 Å². The van der Waals surface area contributed by atoms with Crippen molar-refractivity contribution in [1.82, 2.24) is 0 Å². The van der Waals surface area contributed by atoms with Crippen LogP contribution in [0.15, 0.2) is 18.2 Å². The van der Waals surface area contributed by atoms with Crippen LogP contribution in [0, 0.1) is 17.3 Å². The molecule has 1 aromatic carbocycles. The molecule has 0 unspecified atom stereocenters. The van der Waals surface area contributed by atoms with E-state index in [1.165, 1.54) is 25.3 Å². The zero-order valence-corrected chi connectivity index (χ0v) is 17.9. The van der Waals surface area contributed by atoms with Crippen molar-refractivity contribution in [2.24, 2.45) is 17.3 Å². The number of phenolic OH excluding ortho intramolecular Hbond substituents is 1. The predicted octanol–water partition coefficient (Wildman–Crippen LogP) is 3.68. The first-order valence-corrected chi connectivity index (χ1v) is 10.5. The molecule has 2 N–H and O–H groups in total. The lowest BCUT2D eigenvalue weighted by molar-refractivity contribution is -0.120. The monoisotopic (exact) mass is 404 g/mol. The SMILES string of the molecule is COc1cc(C(=O)O[C@@H]2C[C@]3(C)O[C@@H]3C[C@]3(C)CC[C@@](O)(C(C)C)[C@H]23)ccc1O. The van der Waals surface area contributed by atoms with Gasteiger partial charge in [0.05, 0.1) is 30.0 Å². The number of fused-ring (bicyclic) bond motifs is 2. The number of ether oxygens (including phenoxy) is 3. The van der Waals surface area contributed by atoms with Crippen molar-refractivity contribution in [3.8, 4) is 11.5 Å². The van der Waals surface area contributed by atoms with E-state index in [4.69, 9.17) is 14.2 Å². The van der Waals surface area contributed by atoms with Crippen LogP contribution in [0.4, 0.5) is 0 Å². The summed E-state index contributed by atoms with van der Waals surface area (Å²) < 4.78 is 17.2. The quantitative estimate of drug-likeness (QED) is 0.588. The van der Waals surface area contributed by atoms with Crippen LogP contribution in [0.3, 0.4) is 0 Å². The van der Waals surface area contributed by atoms with Crippen LogP contribution in [-0.2, 0) is 9.47 Å². The van der Waals surface area contributed by atoms with E-state index in [1.807, 2.05) is 13.8 Å². The van der Waals surface area contributed by atoms with Gasteiger partial charge in [0.1, 0.15) is 6.10 Å². The number of benzene rings is 1. The van der Waals surface area contributed by atoms with E-state index in [0.717, 1.165) is 12.8 Å². The van der Waals surface area contributed by atoms with Gasteiger partial charge in [-0.25, -0.2) is 4.79 Å². The van der Waals surface area contributed by atoms with Gasteiger partial charge >= 0.3 is 5.97 Å². The van der Waals surface area contributed by atoms with E-state index < -0.39 is 17.7 Å². The minimum absolute atomic E-state index is 0.0298. The van der Waals surface area contributed by atoms with Crippen molar-refractivity contribution in [2.75, 3.05) is 7.11 Å². The van der Waals surface area contributed by atoms with Crippen LogP contribution in [0.25, 0.3) is 0 Å². The fourth-order valence-corrected chi connectivity index (χ4v) is 5.84. The first kappa shape index (κ1) is 20.5. The van der Waals surface area contributed by atoms with Gasteiger partial charge in [-0.15, -0.1) is 0 Å². The number of rotatable bonds is 4. The molecule has 0 bridgehead atoms. The summed E-state index contributed by atoms with van der Waals surface area (Å²) in [6, 6.07) is 4.43.